The molecule has 1 aromatic carbocycles. The Bertz CT molecular complexity index is 929. The molecule has 0 fully saturated rings. The number of ether oxygens (including phenoxy) is 1. The van der Waals surface area contributed by atoms with Crippen molar-refractivity contribution in [3.8, 4) is 5.75 Å². The Labute approximate surface area is 144 Å². The van der Waals surface area contributed by atoms with Crippen molar-refractivity contribution in [3.05, 3.63) is 53.9 Å². The van der Waals surface area contributed by atoms with E-state index in [-0.39, 0.29) is 6.42 Å². The highest BCUT2D eigenvalue weighted by atomic mass is 16.5. The van der Waals surface area contributed by atoms with Crippen molar-refractivity contribution in [3.63, 3.8) is 0 Å². The van der Waals surface area contributed by atoms with Crippen molar-refractivity contribution in [2.45, 2.75) is 20.3 Å². The molecule has 3 aromatic rings. The van der Waals surface area contributed by atoms with Crippen LogP contribution in [-0.2, 0) is 11.2 Å². The van der Waals surface area contributed by atoms with E-state index in [0.29, 0.717) is 29.5 Å². The smallest absolute Gasteiger partial charge is 0.309 e. The molecule has 0 bridgehead atoms. The van der Waals surface area contributed by atoms with E-state index in [1.807, 2.05) is 44.3 Å². The largest absolute Gasteiger partial charge is 0.494 e. The molecule has 2 aromatic heterocycles. The summed E-state index contributed by atoms with van der Waals surface area (Å²) in [5.41, 5.74) is 2.71. The van der Waals surface area contributed by atoms with Gasteiger partial charge in [-0.15, -0.1) is 10.2 Å². The number of azo groups is 1. The zero-order valence-corrected chi connectivity index (χ0v) is 14.0. The van der Waals surface area contributed by atoms with Crippen LogP contribution in [0.2, 0.25) is 0 Å². The standard InChI is InChI=1S/C18H18N4O3/c1-3-25-14-6-4-13(5-7-14)20-21-18-15(11-17(23)24)19-16-10-12(2)8-9-22(16)18/h4-10H,3,11H2,1-2H3,(H,23,24). The molecule has 0 aliphatic rings. The first-order valence-electron chi connectivity index (χ1n) is 7.91. The van der Waals surface area contributed by atoms with Gasteiger partial charge in [0, 0.05) is 6.20 Å². The second-order valence-corrected chi connectivity index (χ2v) is 5.51. The van der Waals surface area contributed by atoms with E-state index < -0.39 is 5.97 Å². The van der Waals surface area contributed by atoms with Crippen molar-refractivity contribution in [1.82, 2.24) is 9.38 Å². The van der Waals surface area contributed by atoms with Crippen molar-refractivity contribution < 1.29 is 14.6 Å². The zero-order valence-electron chi connectivity index (χ0n) is 14.0. The van der Waals surface area contributed by atoms with E-state index in [1.54, 1.807) is 16.5 Å². The molecule has 128 valence electrons. The van der Waals surface area contributed by atoms with Gasteiger partial charge >= 0.3 is 5.97 Å². The Kier molecular flexibility index (Phi) is 4.74. The fraction of sp³-hybridized carbons (Fsp3) is 0.222. The van der Waals surface area contributed by atoms with Crippen LogP contribution >= 0.6 is 0 Å². The maximum absolute atomic E-state index is 11.1. The highest BCUT2D eigenvalue weighted by Gasteiger charge is 2.15. The highest BCUT2D eigenvalue weighted by molar-refractivity contribution is 5.72. The van der Waals surface area contributed by atoms with Gasteiger partial charge in [0.05, 0.1) is 24.4 Å². The highest BCUT2D eigenvalue weighted by Crippen LogP contribution is 2.26. The molecule has 7 nitrogen and oxygen atoms in total. The summed E-state index contributed by atoms with van der Waals surface area (Å²) in [6.45, 7) is 4.47. The summed E-state index contributed by atoms with van der Waals surface area (Å²) in [4.78, 5) is 15.5. The number of nitrogens with zero attached hydrogens (tertiary/aromatic N) is 4. The van der Waals surface area contributed by atoms with Crippen molar-refractivity contribution in [2.24, 2.45) is 10.2 Å². The number of pyridine rings is 1. The SMILES string of the molecule is CCOc1ccc(N=Nc2c(CC(=O)O)nc3cc(C)ccn23)cc1. The third-order valence-electron chi connectivity index (χ3n) is 3.55. The Hall–Kier alpha value is -3.22. The first-order valence-corrected chi connectivity index (χ1v) is 7.91. The minimum Gasteiger partial charge on any atom is -0.494 e. The first kappa shape index (κ1) is 16.6. The third kappa shape index (κ3) is 3.82. The summed E-state index contributed by atoms with van der Waals surface area (Å²) in [7, 11) is 0. The normalized spacial score (nSPS) is 11.3. The number of rotatable bonds is 6. The van der Waals surface area contributed by atoms with Gasteiger partial charge in [-0.05, 0) is 55.8 Å². The number of benzene rings is 1. The Morgan fingerprint density at radius 3 is 2.68 bits per heavy atom. The van der Waals surface area contributed by atoms with Gasteiger partial charge in [0.1, 0.15) is 11.4 Å². The molecule has 0 radical (unpaired) electrons. The van der Waals surface area contributed by atoms with E-state index in [9.17, 15) is 4.79 Å². The van der Waals surface area contributed by atoms with Crippen LogP contribution in [0.3, 0.4) is 0 Å². The number of hydrogen-bond acceptors (Lipinski definition) is 5. The summed E-state index contributed by atoms with van der Waals surface area (Å²) in [5, 5.41) is 17.6. The predicted octanol–water partition coefficient (Wildman–Crippen LogP) is 4.08. The summed E-state index contributed by atoms with van der Waals surface area (Å²) in [6, 6.07) is 11.0. The molecule has 0 saturated heterocycles. The van der Waals surface area contributed by atoms with Gasteiger partial charge in [0.2, 0.25) is 0 Å². The second-order valence-electron chi connectivity index (χ2n) is 5.51. The van der Waals surface area contributed by atoms with Crippen molar-refractivity contribution in [1.29, 1.82) is 0 Å². The number of aliphatic carboxylic acids is 1. The van der Waals surface area contributed by atoms with Gasteiger partial charge < -0.3 is 9.84 Å². The fourth-order valence-electron chi connectivity index (χ4n) is 2.43. The summed E-state index contributed by atoms with van der Waals surface area (Å²) in [5.74, 6) is 0.224. The topological polar surface area (TPSA) is 88.5 Å². The number of carboxylic acids is 1. The Morgan fingerprint density at radius 1 is 1.24 bits per heavy atom. The Morgan fingerprint density at radius 2 is 2.00 bits per heavy atom. The molecule has 0 atom stereocenters. The van der Waals surface area contributed by atoms with Gasteiger partial charge in [0.25, 0.3) is 0 Å². The summed E-state index contributed by atoms with van der Waals surface area (Å²) >= 11 is 0. The van der Waals surface area contributed by atoms with Crippen molar-refractivity contribution in [2.75, 3.05) is 6.61 Å². The zero-order chi connectivity index (χ0) is 17.8. The maximum Gasteiger partial charge on any atom is 0.309 e. The van der Waals surface area contributed by atoms with Crippen LogP contribution < -0.4 is 4.74 Å². The number of aryl methyl sites for hydroxylation is 1. The number of hydrogen-bond donors (Lipinski definition) is 1. The van der Waals surface area contributed by atoms with Crippen LogP contribution in [0.15, 0.2) is 52.8 Å². The van der Waals surface area contributed by atoms with Gasteiger partial charge in [-0.2, -0.15) is 0 Å². The van der Waals surface area contributed by atoms with Crippen molar-refractivity contribution >= 4 is 23.1 Å². The summed E-state index contributed by atoms with van der Waals surface area (Å²) in [6.07, 6.45) is 1.61. The lowest BCUT2D eigenvalue weighted by Gasteiger charge is -2.02. The molecular weight excluding hydrogens is 320 g/mol. The lowest BCUT2D eigenvalue weighted by Crippen LogP contribution is -2.00. The van der Waals surface area contributed by atoms with E-state index >= 15 is 0 Å². The van der Waals surface area contributed by atoms with Gasteiger partial charge in [-0.25, -0.2) is 4.98 Å². The molecule has 3 rings (SSSR count). The van der Waals surface area contributed by atoms with Crippen LogP contribution in [-0.4, -0.2) is 27.1 Å². The molecule has 0 aliphatic heterocycles. The number of fused-ring (bicyclic) bond motifs is 1. The van der Waals surface area contributed by atoms with Crippen LogP contribution in [0.25, 0.3) is 5.65 Å². The molecule has 2 heterocycles. The van der Waals surface area contributed by atoms with Crippen LogP contribution in [0.5, 0.6) is 5.75 Å². The van der Waals surface area contributed by atoms with E-state index in [4.69, 9.17) is 9.84 Å². The van der Waals surface area contributed by atoms with E-state index in [0.717, 1.165) is 11.3 Å². The number of aromatic nitrogens is 2. The molecule has 1 N–H and O–H groups in total. The lowest BCUT2D eigenvalue weighted by atomic mass is 10.3. The minimum atomic E-state index is -0.961. The van der Waals surface area contributed by atoms with Gasteiger partial charge in [0.15, 0.2) is 5.82 Å². The molecule has 0 aliphatic carbocycles. The lowest BCUT2D eigenvalue weighted by molar-refractivity contribution is -0.136. The quantitative estimate of drug-likeness (QED) is 0.686. The van der Waals surface area contributed by atoms with E-state index in [1.165, 1.54) is 0 Å². The average Bonchev–Trinajstić information content (AvgIpc) is 2.90. The number of carboxylic acid groups (broad SMARTS) is 1. The minimum absolute atomic E-state index is 0.210. The van der Waals surface area contributed by atoms with Crippen LogP contribution in [0, 0.1) is 6.92 Å². The molecule has 0 saturated carbocycles. The number of imidazole rings is 1. The van der Waals surface area contributed by atoms with Crippen LogP contribution in [0.1, 0.15) is 18.2 Å². The molecule has 7 heteroatoms. The molecule has 25 heavy (non-hydrogen) atoms. The third-order valence-corrected chi connectivity index (χ3v) is 3.55. The monoisotopic (exact) mass is 338 g/mol. The van der Waals surface area contributed by atoms with Crippen LogP contribution in [0.4, 0.5) is 11.5 Å². The second kappa shape index (κ2) is 7.12. The summed E-state index contributed by atoms with van der Waals surface area (Å²) < 4.78 is 7.13. The number of carbonyl (C=O) groups is 1. The molecular formula is C18H18N4O3. The van der Waals surface area contributed by atoms with Gasteiger partial charge in [-0.3, -0.25) is 9.20 Å². The first-order chi connectivity index (χ1) is 12.1. The Balaban J connectivity index is 1.96. The predicted molar refractivity (Wildman–Crippen MR) is 93.1 cm³/mol. The molecule has 0 spiro atoms. The van der Waals surface area contributed by atoms with E-state index in [2.05, 4.69) is 15.2 Å². The molecule has 0 amide bonds. The fourth-order valence-corrected chi connectivity index (χ4v) is 2.43. The average molecular weight is 338 g/mol. The maximum atomic E-state index is 11.1. The molecule has 0 unspecified atom stereocenters. The van der Waals surface area contributed by atoms with Gasteiger partial charge in [-0.1, -0.05) is 0 Å².